The average molecular weight is 233 g/mol. The Morgan fingerprint density at radius 2 is 1.93 bits per heavy atom. The fourth-order valence-electron chi connectivity index (χ4n) is 2.56. The minimum Gasteiger partial charge on any atom is -0.340 e. The van der Waals surface area contributed by atoms with Gasteiger partial charge in [-0.05, 0) is 45.7 Å². The number of piperidine rings is 1. The van der Waals surface area contributed by atoms with Gasteiger partial charge in [0.15, 0.2) is 0 Å². The van der Waals surface area contributed by atoms with Crippen LogP contribution in [-0.2, 0) is 4.79 Å². The Balaban J connectivity index is 0.00000112. The first-order valence-electron chi connectivity index (χ1n) is 5.80. The van der Waals surface area contributed by atoms with Gasteiger partial charge >= 0.3 is 0 Å². The van der Waals surface area contributed by atoms with Crippen molar-refractivity contribution in [3.8, 4) is 0 Å². The third-order valence-corrected chi connectivity index (χ3v) is 3.52. The first kappa shape index (κ1) is 12.8. The number of carbonyl (C=O) groups is 1. The summed E-state index contributed by atoms with van der Waals surface area (Å²) in [7, 11) is 0. The van der Waals surface area contributed by atoms with E-state index in [0.717, 1.165) is 32.5 Å². The summed E-state index contributed by atoms with van der Waals surface area (Å²) in [6.45, 7) is 5.19. The number of rotatable bonds is 1. The molecule has 3 nitrogen and oxygen atoms in total. The summed E-state index contributed by atoms with van der Waals surface area (Å²) in [6, 6.07) is 0.484. The molecular formula is C11H21ClN2O. The van der Waals surface area contributed by atoms with Gasteiger partial charge in [-0.3, -0.25) is 4.79 Å². The van der Waals surface area contributed by atoms with Crippen molar-refractivity contribution in [1.82, 2.24) is 10.2 Å². The molecular weight excluding hydrogens is 212 g/mol. The van der Waals surface area contributed by atoms with Crippen LogP contribution in [0.4, 0.5) is 0 Å². The number of nitrogens with one attached hydrogen (secondary N) is 1. The average Bonchev–Trinajstić information content (AvgIpc) is 2.65. The molecule has 1 atom stereocenters. The Hall–Kier alpha value is -0.280. The van der Waals surface area contributed by atoms with Gasteiger partial charge in [0.1, 0.15) is 0 Å². The minimum atomic E-state index is 0. The largest absolute Gasteiger partial charge is 0.340 e. The molecule has 0 radical (unpaired) electrons. The number of hydrogen-bond donors (Lipinski definition) is 1. The Labute approximate surface area is 98.0 Å². The molecule has 1 N–H and O–H groups in total. The molecule has 2 aliphatic rings. The van der Waals surface area contributed by atoms with Crippen LogP contribution in [0.2, 0.25) is 0 Å². The van der Waals surface area contributed by atoms with Crippen molar-refractivity contribution in [3.05, 3.63) is 0 Å². The first-order valence-corrected chi connectivity index (χ1v) is 5.80. The molecule has 0 bridgehead atoms. The van der Waals surface area contributed by atoms with Crippen molar-refractivity contribution >= 4 is 18.3 Å². The number of carbonyl (C=O) groups excluding carboxylic acids is 1. The van der Waals surface area contributed by atoms with Crippen LogP contribution in [-0.4, -0.2) is 36.5 Å². The molecule has 2 saturated heterocycles. The fraction of sp³-hybridized carbons (Fsp3) is 0.909. The minimum absolute atomic E-state index is 0. The summed E-state index contributed by atoms with van der Waals surface area (Å²) in [5, 5.41) is 3.30. The summed E-state index contributed by atoms with van der Waals surface area (Å²) in [4.78, 5) is 14.2. The number of hydrogen-bond acceptors (Lipinski definition) is 2. The summed E-state index contributed by atoms with van der Waals surface area (Å²) in [5.74, 6) is 0.716. The smallest absolute Gasteiger partial charge is 0.226 e. The Morgan fingerprint density at radius 3 is 2.47 bits per heavy atom. The van der Waals surface area contributed by atoms with E-state index in [9.17, 15) is 4.79 Å². The molecule has 0 aromatic carbocycles. The molecule has 2 fully saturated rings. The van der Waals surface area contributed by atoms with E-state index in [4.69, 9.17) is 0 Å². The highest BCUT2D eigenvalue weighted by Crippen LogP contribution is 2.22. The summed E-state index contributed by atoms with van der Waals surface area (Å²) < 4.78 is 0. The lowest BCUT2D eigenvalue weighted by atomic mass is 9.96. The van der Waals surface area contributed by atoms with Crippen molar-refractivity contribution in [2.24, 2.45) is 5.92 Å². The molecule has 1 unspecified atom stereocenters. The van der Waals surface area contributed by atoms with Crippen LogP contribution >= 0.6 is 12.4 Å². The molecule has 1 amide bonds. The second-order valence-electron chi connectivity index (χ2n) is 4.55. The van der Waals surface area contributed by atoms with Crippen LogP contribution in [0.15, 0.2) is 0 Å². The highest BCUT2D eigenvalue weighted by atomic mass is 35.5. The molecule has 4 heteroatoms. The van der Waals surface area contributed by atoms with Gasteiger partial charge in [-0.2, -0.15) is 0 Å². The van der Waals surface area contributed by atoms with Gasteiger partial charge in [0.25, 0.3) is 0 Å². The zero-order valence-corrected chi connectivity index (χ0v) is 10.2. The van der Waals surface area contributed by atoms with E-state index >= 15 is 0 Å². The van der Waals surface area contributed by atoms with Gasteiger partial charge in [0, 0.05) is 18.5 Å². The molecule has 0 saturated carbocycles. The van der Waals surface area contributed by atoms with Gasteiger partial charge < -0.3 is 10.2 Å². The second kappa shape index (κ2) is 5.71. The molecule has 2 aliphatic heterocycles. The molecule has 0 spiro atoms. The van der Waals surface area contributed by atoms with Crippen LogP contribution < -0.4 is 5.32 Å². The first-order chi connectivity index (χ1) is 6.79. The van der Waals surface area contributed by atoms with Crippen LogP contribution in [0.3, 0.4) is 0 Å². The monoisotopic (exact) mass is 232 g/mol. The van der Waals surface area contributed by atoms with Crippen LogP contribution in [0.5, 0.6) is 0 Å². The lowest BCUT2D eigenvalue weighted by molar-refractivity contribution is -0.136. The van der Waals surface area contributed by atoms with Gasteiger partial charge in [-0.25, -0.2) is 0 Å². The van der Waals surface area contributed by atoms with Crippen molar-refractivity contribution < 1.29 is 4.79 Å². The van der Waals surface area contributed by atoms with Crippen molar-refractivity contribution in [1.29, 1.82) is 0 Å². The quantitative estimate of drug-likeness (QED) is 0.742. The van der Waals surface area contributed by atoms with E-state index in [1.54, 1.807) is 0 Å². The number of likely N-dealkylation sites (tertiary alicyclic amines) is 1. The van der Waals surface area contributed by atoms with E-state index in [2.05, 4.69) is 17.1 Å². The van der Waals surface area contributed by atoms with E-state index in [-0.39, 0.29) is 12.4 Å². The third-order valence-electron chi connectivity index (χ3n) is 3.52. The van der Waals surface area contributed by atoms with Crippen LogP contribution in [0.1, 0.15) is 32.6 Å². The second-order valence-corrected chi connectivity index (χ2v) is 4.55. The highest BCUT2D eigenvalue weighted by molar-refractivity contribution is 5.85. The Morgan fingerprint density at radius 1 is 1.27 bits per heavy atom. The highest BCUT2D eigenvalue weighted by Gasteiger charge is 2.30. The summed E-state index contributed by atoms with van der Waals surface area (Å²) in [5.41, 5.74) is 0. The normalized spacial score (nSPS) is 27.5. The maximum absolute atomic E-state index is 12.1. The molecule has 2 rings (SSSR count). The van der Waals surface area contributed by atoms with Crippen LogP contribution in [0, 0.1) is 5.92 Å². The van der Waals surface area contributed by atoms with Crippen molar-refractivity contribution in [2.75, 3.05) is 19.6 Å². The van der Waals surface area contributed by atoms with Crippen molar-refractivity contribution in [2.45, 2.75) is 38.6 Å². The maximum atomic E-state index is 12.1. The van der Waals surface area contributed by atoms with E-state index in [0.29, 0.717) is 17.9 Å². The summed E-state index contributed by atoms with van der Waals surface area (Å²) in [6.07, 6.45) is 4.44. The third kappa shape index (κ3) is 2.85. The number of halogens is 1. The molecule has 15 heavy (non-hydrogen) atoms. The fourth-order valence-corrected chi connectivity index (χ4v) is 2.56. The topological polar surface area (TPSA) is 32.3 Å². The Kier molecular flexibility index (Phi) is 4.87. The van der Waals surface area contributed by atoms with Gasteiger partial charge in [0.05, 0.1) is 0 Å². The lowest BCUT2D eigenvalue weighted by Crippen LogP contribution is -2.42. The summed E-state index contributed by atoms with van der Waals surface area (Å²) >= 11 is 0. The zero-order chi connectivity index (χ0) is 9.97. The predicted molar refractivity (Wildman–Crippen MR) is 63.3 cm³/mol. The van der Waals surface area contributed by atoms with Gasteiger partial charge in [-0.15, -0.1) is 12.4 Å². The Bertz CT molecular complexity index is 217. The lowest BCUT2D eigenvalue weighted by Gasteiger charge is -2.29. The van der Waals surface area contributed by atoms with E-state index < -0.39 is 0 Å². The van der Waals surface area contributed by atoms with E-state index in [1.807, 2.05) is 0 Å². The molecule has 2 heterocycles. The number of amides is 1. The number of nitrogens with zero attached hydrogens (tertiary/aromatic N) is 1. The molecule has 0 aromatic rings. The molecule has 88 valence electrons. The van der Waals surface area contributed by atoms with Gasteiger partial charge in [-0.1, -0.05) is 0 Å². The van der Waals surface area contributed by atoms with Gasteiger partial charge in [0.2, 0.25) is 5.91 Å². The SMILES string of the molecule is CC1CCCN1C(=O)C1CCNCC1.Cl. The van der Waals surface area contributed by atoms with Crippen molar-refractivity contribution in [3.63, 3.8) is 0 Å². The predicted octanol–water partition coefficient (Wildman–Crippen LogP) is 1.42. The zero-order valence-electron chi connectivity index (χ0n) is 9.37. The molecule has 0 aromatic heterocycles. The van der Waals surface area contributed by atoms with E-state index in [1.165, 1.54) is 12.8 Å². The maximum Gasteiger partial charge on any atom is 0.226 e. The standard InChI is InChI=1S/C11H20N2O.ClH/c1-9-3-2-8-13(9)11(14)10-4-6-12-7-5-10;/h9-10,12H,2-8H2,1H3;1H. The molecule has 0 aliphatic carbocycles. The van der Waals surface area contributed by atoms with Crippen LogP contribution in [0.25, 0.3) is 0 Å².